The number of urea groups is 1. The van der Waals surface area contributed by atoms with Crippen LogP contribution < -0.4 is 5.32 Å². The van der Waals surface area contributed by atoms with E-state index < -0.39 is 17.6 Å². The molecule has 0 spiro atoms. The molecular formula is C13H17F3N2O2S. The summed E-state index contributed by atoms with van der Waals surface area (Å²) in [7, 11) is 1.51. The minimum Gasteiger partial charge on any atom is -0.393 e. The number of rotatable bonds is 5. The van der Waals surface area contributed by atoms with Gasteiger partial charge >= 0.3 is 11.5 Å². The molecule has 0 radical (unpaired) electrons. The Hall–Kier alpha value is -1.41. The summed E-state index contributed by atoms with van der Waals surface area (Å²) in [5.74, 6) is 0. The molecule has 0 heterocycles. The molecule has 8 heteroatoms. The van der Waals surface area contributed by atoms with Gasteiger partial charge in [0.1, 0.15) is 0 Å². The number of aliphatic hydroxyl groups is 1. The SMILES string of the molecule is CC(O)CCN(C)C(=O)Nc1ccccc1SC(F)(F)F. The zero-order valence-electron chi connectivity index (χ0n) is 11.6. The zero-order chi connectivity index (χ0) is 16.0. The molecule has 0 bridgehead atoms. The number of para-hydroxylation sites is 1. The lowest BCUT2D eigenvalue weighted by atomic mass is 10.3. The molecule has 1 aromatic carbocycles. The summed E-state index contributed by atoms with van der Waals surface area (Å²) in [6.07, 6.45) is -0.156. The van der Waals surface area contributed by atoms with Gasteiger partial charge < -0.3 is 15.3 Å². The van der Waals surface area contributed by atoms with Crippen molar-refractivity contribution in [1.29, 1.82) is 0 Å². The molecular weight excluding hydrogens is 305 g/mol. The van der Waals surface area contributed by atoms with Crippen LogP contribution in [0.15, 0.2) is 29.2 Å². The number of amides is 2. The van der Waals surface area contributed by atoms with E-state index in [4.69, 9.17) is 5.11 Å². The first-order valence-electron chi connectivity index (χ1n) is 6.24. The summed E-state index contributed by atoms with van der Waals surface area (Å²) in [6.45, 7) is 1.90. The number of halogens is 3. The van der Waals surface area contributed by atoms with Crippen LogP contribution in [0.3, 0.4) is 0 Å². The van der Waals surface area contributed by atoms with Gasteiger partial charge in [0.25, 0.3) is 0 Å². The molecule has 1 atom stereocenters. The van der Waals surface area contributed by atoms with Crippen molar-refractivity contribution in [2.24, 2.45) is 0 Å². The van der Waals surface area contributed by atoms with E-state index in [-0.39, 0.29) is 22.3 Å². The van der Waals surface area contributed by atoms with Gasteiger partial charge in [-0.25, -0.2) is 4.79 Å². The van der Waals surface area contributed by atoms with Gasteiger partial charge in [0.15, 0.2) is 0 Å². The van der Waals surface area contributed by atoms with Crippen LogP contribution >= 0.6 is 11.8 Å². The Morgan fingerprint density at radius 1 is 1.43 bits per heavy atom. The summed E-state index contributed by atoms with van der Waals surface area (Å²) in [4.78, 5) is 13.1. The number of thioether (sulfide) groups is 1. The van der Waals surface area contributed by atoms with Gasteiger partial charge in [0.05, 0.1) is 11.8 Å². The molecule has 1 rings (SSSR count). The lowest BCUT2D eigenvalue weighted by Gasteiger charge is -2.20. The zero-order valence-corrected chi connectivity index (χ0v) is 12.5. The average molecular weight is 322 g/mol. The first-order valence-corrected chi connectivity index (χ1v) is 7.05. The highest BCUT2D eigenvalue weighted by atomic mass is 32.2. The second-order valence-corrected chi connectivity index (χ2v) is 5.64. The number of carbonyl (C=O) groups excluding carboxylic acids is 1. The number of aliphatic hydroxyl groups excluding tert-OH is 1. The first-order chi connectivity index (χ1) is 9.69. The molecule has 0 saturated carbocycles. The number of benzene rings is 1. The van der Waals surface area contributed by atoms with Gasteiger partial charge in [-0.2, -0.15) is 13.2 Å². The highest BCUT2D eigenvalue weighted by Crippen LogP contribution is 2.40. The molecule has 0 fully saturated rings. The molecule has 0 aromatic heterocycles. The van der Waals surface area contributed by atoms with Gasteiger partial charge in [-0.15, -0.1) is 0 Å². The van der Waals surface area contributed by atoms with Crippen LogP contribution in [0.4, 0.5) is 23.7 Å². The predicted molar refractivity (Wildman–Crippen MR) is 76.3 cm³/mol. The van der Waals surface area contributed by atoms with E-state index in [9.17, 15) is 18.0 Å². The van der Waals surface area contributed by atoms with E-state index in [2.05, 4.69) is 5.32 Å². The van der Waals surface area contributed by atoms with E-state index in [0.29, 0.717) is 13.0 Å². The number of hydrogen-bond donors (Lipinski definition) is 2. The third-order valence-electron chi connectivity index (χ3n) is 2.58. The first kappa shape index (κ1) is 17.6. The third-order valence-corrected chi connectivity index (χ3v) is 3.39. The number of alkyl halides is 3. The summed E-state index contributed by atoms with van der Waals surface area (Å²) in [5, 5.41) is 11.6. The number of hydrogen-bond acceptors (Lipinski definition) is 3. The fraction of sp³-hybridized carbons (Fsp3) is 0.462. The predicted octanol–water partition coefficient (Wildman–Crippen LogP) is 3.53. The Labute approximate surface area is 125 Å². The van der Waals surface area contributed by atoms with Crippen molar-refractivity contribution in [2.75, 3.05) is 18.9 Å². The summed E-state index contributed by atoms with van der Waals surface area (Å²) in [5.41, 5.74) is -4.31. The number of nitrogens with one attached hydrogen (secondary N) is 1. The van der Waals surface area contributed by atoms with Crippen molar-refractivity contribution >= 4 is 23.5 Å². The molecule has 1 aromatic rings. The van der Waals surface area contributed by atoms with Crippen LogP contribution in [-0.4, -0.2) is 41.2 Å². The molecule has 118 valence electrons. The lowest BCUT2D eigenvalue weighted by molar-refractivity contribution is -0.0328. The lowest BCUT2D eigenvalue weighted by Crippen LogP contribution is -2.33. The molecule has 2 amide bonds. The Bertz CT molecular complexity index is 481. The largest absolute Gasteiger partial charge is 0.446 e. The van der Waals surface area contributed by atoms with Gasteiger partial charge in [-0.05, 0) is 37.2 Å². The summed E-state index contributed by atoms with van der Waals surface area (Å²) in [6, 6.07) is 5.20. The molecule has 0 aliphatic carbocycles. The molecule has 2 N–H and O–H groups in total. The van der Waals surface area contributed by atoms with Crippen LogP contribution in [0.2, 0.25) is 0 Å². The minimum absolute atomic E-state index is 0.0673. The van der Waals surface area contributed by atoms with E-state index in [0.717, 1.165) is 0 Å². The van der Waals surface area contributed by atoms with Crippen molar-refractivity contribution in [3.63, 3.8) is 0 Å². The average Bonchev–Trinajstić information content (AvgIpc) is 2.36. The van der Waals surface area contributed by atoms with Crippen LogP contribution in [0.1, 0.15) is 13.3 Å². The normalized spacial score (nSPS) is 12.9. The monoisotopic (exact) mass is 322 g/mol. The Morgan fingerprint density at radius 3 is 2.62 bits per heavy atom. The van der Waals surface area contributed by atoms with Crippen molar-refractivity contribution < 1.29 is 23.1 Å². The third kappa shape index (κ3) is 6.72. The van der Waals surface area contributed by atoms with Gasteiger partial charge in [-0.1, -0.05) is 12.1 Å². The standard InChI is InChI=1S/C13H17F3N2O2S/c1-9(19)7-8-18(2)12(20)17-10-5-3-4-6-11(10)21-13(14,15)16/h3-6,9,19H,7-8H2,1-2H3,(H,17,20). The van der Waals surface area contributed by atoms with Crippen molar-refractivity contribution in [1.82, 2.24) is 4.90 Å². The highest BCUT2D eigenvalue weighted by molar-refractivity contribution is 8.00. The van der Waals surface area contributed by atoms with Crippen LogP contribution in [0.25, 0.3) is 0 Å². The van der Waals surface area contributed by atoms with Crippen LogP contribution in [0.5, 0.6) is 0 Å². The summed E-state index contributed by atoms with van der Waals surface area (Å²) < 4.78 is 37.3. The van der Waals surface area contributed by atoms with Gasteiger partial charge in [0, 0.05) is 18.5 Å². The Balaban J connectivity index is 2.72. The quantitative estimate of drug-likeness (QED) is 0.815. The minimum atomic E-state index is -4.42. The Morgan fingerprint density at radius 2 is 2.05 bits per heavy atom. The van der Waals surface area contributed by atoms with E-state index >= 15 is 0 Å². The van der Waals surface area contributed by atoms with E-state index in [1.807, 2.05) is 0 Å². The van der Waals surface area contributed by atoms with Gasteiger partial charge in [-0.3, -0.25) is 0 Å². The fourth-order valence-electron chi connectivity index (χ4n) is 1.48. The van der Waals surface area contributed by atoms with Crippen molar-refractivity contribution in [3.05, 3.63) is 24.3 Å². The number of nitrogens with zero attached hydrogens (tertiary/aromatic N) is 1. The smallest absolute Gasteiger partial charge is 0.393 e. The Kier molecular flexibility index (Phi) is 6.35. The topological polar surface area (TPSA) is 52.6 Å². The van der Waals surface area contributed by atoms with Crippen molar-refractivity contribution in [2.45, 2.75) is 29.9 Å². The van der Waals surface area contributed by atoms with Crippen LogP contribution in [-0.2, 0) is 0 Å². The maximum Gasteiger partial charge on any atom is 0.446 e. The second kappa shape index (κ2) is 7.56. The number of carbonyl (C=O) groups is 1. The molecule has 0 aliphatic rings. The molecule has 0 saturated heterocycles. The number of anilines is 1. The summed E-state index contributed by atoms with van der Waals surface area (Å²) >= 11 is -0.274. The maximum absolute atomic E-state index is 12.4. The van der Waals surface area contributed by atoms with E-state index in [1.165, 1.54) is 30.1 Å². The van der Waals surface area contributed by atoms with Crippen LogP contribution in [0, 0.1) is 0 Å². The fourth-order valence-corrected chi connectivity index (χ4v) is 2.10. The maximum atomic E-state index is 12.4. The van der Waals surface area contributed by atoms with Crippen molar-refractivity contribution in [3.8, 4) is 0 Å². The molecule has 21 heavy (non-hydrogen) atoms. The molecule has 0 aliphatic heterocycles. The highest BCUT2D eigenvalue weighted by Gasteiger charge is 2.30. The molecule has 4 nitrogen and oxygen atoms in total. The molecule has 1 unspecified atom stereocenters. The van der Waals surface area contributed by atoms with Gasteiger partial charge in [0.2, 0.25) is 0 Å². The van der Waals surface area contributed by atoms with E-state index in [1.54, 1.807) is 13.0 Å². The second-order valence-electron chi connectivity index (χ2n) is 4.53.